The first kappa shape index (κ1) is 19.6. The fourth-order valence-corrected chi connectivity index (χ4v) is 15.6. The van der Waals surface area contributed by atoms with Gasteiger partial charge in [-0.2, -0.15) is 0 Å². The van der Waals surface area contributed by atoms with Gasteiger partial charge in [-0.05, 0) is 49.9 Å². The van der Waals surface area contributed by atoms with Crippen LogP contribution in [-0.2, 0) is 0 Å². The first-order valence-electron chi connectivity index (χ1n) is 7.37. The van der Waals surface area contributed by atoms with Gasteiger partial charge >= 0.3 is 0 Å². The molecular formula is C15H36NPSi2. The predicted molar refractivity (Wildman–Crippen MR) is 100.0 cm³/mol. The zero-order valence-corrected chi connectivity index (χ0v) is 18.3. The van der Waals surface area contributed by atoms with Crippen LogP contribution in [0.3, 0.4) is 0 Å². The maximum atomic E-state index is 2.67. The summed E-state index contributed by atoms with van der Waals surface area (Å²) in [6.07, 6.45) is 0. The van der Waals surface area contributed by atoms with Gasteiger partial charge in [0.1, 0.15) is 0 Å². The van der Waals surface area contributed by atoms with Crippen LogP contribution in [-0.4, -0.2) is 36.4 Å². The molecule has 0 amide bonds. The second kappa shape index (κ2) is 5.75. The van der Waals surface area contributed by atoms with Crippen molar-refractivity contribution in [3.05, 3.63) is 0 Å². The first-order chi connectivity index (χ1) is 7.97. The van der Waals surface area contributed by atoms with Crippen LogP contribution in [0.4, 0.5) is 0 Å². The molecule has 0 saturated heterocycles. The van der Waals surface area contributed by atoms with E-state index >= 15 is 0 Å². The van der Waals surface area contributed by atoms with Crippen molar-refractivity contribution >= 4 is 29.0 Å². The molecule has 0 N–H and O–H groups in total. The summed E-state index contributed by atoms with van der Waals surface area (Å²) in [7, 11) is -0.944. The summed E-state index contributed by atoms with van der Waals surface area (Å²) in [6, 6.07) is 0. The monoisotopic (exact) mass is 317 g/mol. The third-order valence-corrected chi connectivity index (χ3v) is 16.5. The smallest absolute Gasteiger partial charge is 0.0747 e. The Kier molecular flexibility index (Phi) is 5.92. The zero-order valence-electron chi connectivity index (χ0n) is 15.4. The summed E-state index contributed by atoms with van der Waals surface area (Å²) in [5.41, 5.74) is 0.425. The van der Waals surface area contributed by atoms with Gasteiger partial charge in [0.15, 0.2) is 0 Å². The number of hydrogen-bond donors (Lipinski definition) is 0. The lowest BCUT2D eigenvalue weighted by Gasteiger charge is -2.44. The summed E-state index contributed by atoms with van der Waals surface area (Å²) in [4.78, 5) is 0. The molecule has 0 atom stereocenters. The van der Waals surface area contributed by atoms with Crippen LogP contribution in [0.5, 0.6) is 0 Å². The summed E-state index contributed by atoms with van der Waals surface area (Å²) in [5, 5.41) is 0. The van der Waals surface area contributed by atoms with E-state index in [1.807, 2.05) is 4.54 Å². The van der Waals surface area contributed by atoms with Crippen LogP contribution in [0, 0.1) is 0 Å². The molecule has 0 aromatic heterocycles. The highest BCUT2D eigenvalue weighted by atomic mass is 31.1. The molecule has 0 bridgehead atoms. The standard InChI is InChI=1S/C15H36NPSi2/c1-14(2,3)16(15(4,5)6)17-13(18(7,8)9)19(10,11)12/h1-12H3. The third kappa shape index (κ3) is 6.24. The second-order valence-corrected chi connectivity index (χ2v) is 22.0. The van der Waals surface area contributed by atoms with Crippen molar-refractivity contribution in [1.29, 1.82) is 0 Å². The van der Waals surface area contributed by atoms with E-state index < -0.39 is 16.1 Å². The molecule has 19 heavy (non-hydrogen) atoms. The lowest BCUT2D eigenvalue weighted by atomic mass is 10.0. The van der Waals surface area contributed by atoms with Gasteiger partial charge < -0.3 is 0 Å². The molecule has 0 aromatic rings. The zero-order chi connectivity index (χ0) is 15.9. The molecule has 0 rings (SSSR count). The maximum Gasteiger partial charge on any atom is 0.0747 e. The minimum absolute atomic E-state index is 0.213. The van der Waals surface area contributed by atoms with Gasteiger partial charge in [-0.15, -0.1) is 0 Å². The van der Waals surface area contributed by atoms with Crippen molar-refractivity contribution in [2.75, 3.05) is 0 Å². The van der Waals surface area contributed by atoms with Gasteiger partial charge in [-0.3, -0.25) is 0 Å². The molecule has 1 nitrogen and oxygen atoms in total. The molecule has 0 aliphatic carbocycles. The summed E-state index contributed by atoms with van der Waals surface area (Å²) >= 11 is 0. The third-order valence-electron chi connectivity index (χ3n) is 2.89. The Hall–Kier alpha value is 0.564. The van der Waals surface area contributed by atoms with Crippen molar-refractivity contribution in [2.24, 2.45) is 0 Å². The van der Waals surface area contributed by atoms with Gasteiger partial charge in [0, 0.05) is 11.1 Å². The van der Waals surface area contributed by atoms with E-state index in [4.69, 9.17) is 0 Å². The molecular weight excluding hydrogens is 281 g/mol. The summed E-state index contributed by atoms with van der Waals surface area (Å²) in [6.45, 7) is 29.1. The van der Waals surface area contributed by atoms with Crippen molar-refractivity contribution in [2.45, 2.75) is 91.9 Å². The highest BCUT2D eigenvalue weighted by molar-refractivity contribution is 7.61. The quantitative estimate of drug-likeness (QED) is 0.478. The Morgan fingerprint density at radius 1 is 0.684 bits per heavy atom. The lowest BCUT2D eigenvalue weighted by molar-refractivity contribution is 0.154. The Balaban J connectivity index is 5.91. The van der Waals surface area contributed by atoms with E-state index in [1.54, 1.807) is 0 Å². The van der Waals surface area contributed by atoms with E-state index in [0.717, 1.165) is 0 Å². The van der Waals surface area contributed by atoms with Crippen molar-refractivity contribution in [1.82, 2.24) is 4.67 Å². The van der Waals surface area contributed by atoms with Gasteiger partial charge in [-0.25, -0.2) is 4.67 Å². The first-order valence-corrected chi connectivity index (χ1v) is 15.2. The average molecular weight is 318 g/mol. The van der Waals surface area contributed by atoms with Crippen LogP contribution in [0.15, 0.2) is 0 Å². The number of hydrogen-bond acceptors (Lipinski definition) is 1. The van der Waals surface area contributed by atoms with Gasteiger partial charge in [-0.1, -0.05) is 43.8 Å². The van der Waals surface area contributed by atoms with Crippen LogP contribution in [0.1, 0.15) is 41.5 Å². The maximum absolute atomic E-state index is 2.67. The summed E-state index contributed by atoms with van der Waals surface area (Å²) in [5.74, 6) is 0. The Morgan fingerprint density at radius 3 is 1.11 bits per heavy atom. The summed E-state index contributed by atoms with van der Waals surface area (Å²) < 4.78 is 4.55. The predicted octanol–water partition coefficient (Wildman–Crippen LogP) is 5.67. The van der Waals surface area contributed by atoms with Crippen molar-refractivity contribution in [3.63, 3.8) is 0 Å². The molecule has 0 heterocycles. The minimum Gasteiger partial charge on any atom is -0.247 e. The molecule has 0 aromatic carbocycles. The normalized spacial score (nSPS) is 15.2. The molecule has 0 saturated carbocycles. The molecule has 0 fully saturated rings. The fourth-order valence-electron chi connectivity index (χ4n) is 2.83. The van der Waals surface area contributed by atoms with E-state index in [9.17, 15) is 0 Å². The molecule has 0 aliphatic rings. The molecule has 0 radical (unpaired) electrons. The van der Waals surface area contributed by atoms with Crippen LogP contribution >= 0.6 is 8.35 Å². The molecule has 0 spiro atoms. The Morgan fingerprint density at radius 2 is 0.947 bits per heavy atom. The Labute approximate surface area is 126 Å². The highest BCUT2D eigenvalue weighted by Crippen LogP contribution is 2.35. The minimum atomic E-state index is -1.22. The number of nitrogens with zero attached hydrogens (tertiary/aromatic N) is 1. The van der Waals surface area contributed by atoms with E-state index in [-0.39, 0.29) is 11.1 Å². The van der Waals surface area contributed by atoms with Crippen LogP contribution in [0.2, 0.25) is 39.3 Å². The van der Waals surface area contributed by atoms with E-state index in [2.05, 4.69) is 85.5 Å². The molecule has 4 heteroatoms. The largest absolute Gasteiger partial charge is 0.247 e. The van der Waals surface area contributed by atoms with E-state index in [0.29, 0.717) is 0 Å². The van der Waals surface area contributed by atoms with Crippen molar-refractivity contribution < 1.29 is 0 Å². The van der Waals surface area contributed by atoms with Crippen LogP contribution < -0.4 is 0 Å². The fraction of sp³-hybridized carbons (Fsp3) is 0.933. The van der Waals surface area contributed by atoms with E-state index in [1.165, 1.54) is 8.35 Å². The molecule has 0 unspecified atom stereocenters. The SMILES string of the molecule is CC(C)(C)N(P=C([Si](C)(C)C)[Si](C)(C)C)C(C)(C)C. The Bertz CT molecular complexity index is 305. The van der Waals surface area contributed by atoms with Crippen molar-refractivity contribution in [3.8, 4) is 0 Å². The molecule has 114 valence electrons. The molecule has 0 aliphatic heterocycles. The van der Waals surface area contributed by atoms with Crippen LogP contribution in [0.25, 0.3) is 0 Å². The average Bonchev–Trinajstić information content (AvgIpc) is 1.91. The van der Waals surface area contributed by atoms with Gasteiger partial charge in [0.2, 0.25) is 0 Å². The highest BCUT2D eigenvalue weighted by Gasteiger charge is 2.36. The van der Waals surface area contributed by atoms with Gasteiger partial charge in [0.25, 0.3) is 0 Å². The topological polar surface area (TPSA) is 3.24 Å². The lowest BCUT2D eigenvalue weighted by Crippen LogP contribution is -2.52. The number of rotatable bonds is 3. The van der Waals surface area contributed by atoms with Gasteiger partial charge in [0.05, 0.1) is 16.1 Å². The second-order valence-electron chi connectivity index (χ2n) is 9.60.